The first-order chi connectivity index (χ1) is 8.38. The van der Waals surface area contributed by atoms with Crippen LogP contribution in [0.4, 0.5) is 0 Å². The van der Waals surface area contributed by atoms with Gasteiger partial charge >= 0.3 is 37.7 Å². The minimum absolute atomic E-state index is 0. The van der Waals surface area contributed by atoms with Crippen LogP contribution in [0.2, 0.25) is 0 Å². The molecule has 0 aromatic carbocycles. The normalized spacial score (nSPS) is 10.4. The van der Waals surface area contributed by atoms with Gasteiger partial charge in [-0.3, -0.25) is 9.59 Å². The number of amides is 1. The van der Waals surface area contributed by atoms with E-state index in [2.05, 4.69) is 5.32 Å². The summed E-state index contributed by atoms with van der Waals surface area (Å²) >= 11 is 0. The van der Waals surface area contributed by atoms with Crippen LogP contribution in [0, 0.1) is 5.92 Å². The number of carbonyl (C=O) groups is 4. The predicted molar refractivity (Wildman–Crippen MR) is 55.7 cm³/mol. The molecule has 0 aliphatic heterocycles. The van der Waals surface area contributed by atoms with Gasteiger partial charge in [-0.15, -0.1) is 0 Å². The van der Waals surface area contributed by atoms with Crippen LogP contribution < -0.4 is 53.3 Å². The fourth-order valence-corrected chi connectivity index (χ4v) is 1.27. The quantitative estimate of drug-likeness (QED) is 0.328. The first-order valence-corrected chi connectivity index (χ1v) is 5.60. The van der Waals surface area contributed by atoms with E-state index < -0.39 is 30.1 Å². The van der Waals surface area contributed by atoms with Crippen molar-refractivity contribution in [3.05, 3.63) is 0 Å². The SMILES string of the molecule is CCCNC(=O)CCC(CC(=O)C(=O)[O-])C(=O)[O-].[Li+].[Li+]. The number of Topliss-reactive ketones (excluding diaryl/α,β-unsaturated/α-hetero) is 1. The first-order valence-electron chi connectivity index (χ1n) is 5.60. The largest absolute Gasteiger partial charge is 1.00 e. The van der Waals surface area contributed by atoms with E-state index >= 15 is 0 Å². The Kier molecular flexibility index (Phi) is 16.1. The molecule has 0 fully saturated rings. The summed E-state index contributed by atoms with van der Waals surface area (Å²) < 4.78 is 0. The number of nitrogens with one attached hydrogen (secondary N) is 1. The van der Waals surface area contributed by atoms with Crippen LogP contribution in [0.3, 0.4) is 0 Å². The number of hydrogen-bond acceptors (Lipinski definition) is 6. The van der Waals surface area contributed by atoms with E-state index in [0.29, 0.717) is 6.54 Å². The van der Waals surface area contributed by atoms with Crippen molar-refractivity contribution in [3.8, 4) is 0 Å². The Hall–Kier alpha value is -0.725. The maximum Gasteiger partial charge on any atom is 1.00 e. The van der Waals surface area contributed by atoms with Crippen molar-refractivity contribution in [1.29, 1.82) is 0 Å². The van der Waals surface area contributed by atoms with Gasteiger partial charge in [0.15, 0.2) is 5.78 Å². The van der Waals surface area contributed by atoms with E-state index in [1.54, 1.807) is 0 Å². The van der Waals surface area contributed by atoms with Crippen molar-refractivity contribution in [1.82, 2.24) is 5.32 Å². The number of hydrogen-bond donors (Lipinski definition) is 1. The van der Waals surface area contributed by atoms with E-state index in [-0.39, 0.29) is 56.5 Å². The zero-order valence-corrected chi connectivity index (χ0v) is 12.1. The molecule has 0 bridgehead atoms. The first kappa shape index (κ1) is 24.3. The Bertz CT molecular complexity index is 348. The van der Waals surface area contributed by atoms with Crippen molar-refractivity contribution >= 4 is 23.6 Å². The Balaban J connectivity index is -0.00000144. The van der Waals surface area contributed by atoms with Crippen LogP contribution in [0.5, 0.6) is 0 Å². The molecule has 1 amide bonds. The summed E-state index contributed by atoms with van der Waals surface area (Å²) in [6.45, 7) is 2.34. The third kappa shape index (κ3) is 11.1. The number of carboxylic acids is 2. The van der Waals surface area contributed by atoms with Gasteiger partial charge in [0.1, 0.15) is 5.97 Å². The van der Waals surface area contributed by atoms with Gasteiger partial charge in [-0.2, -0.15) is 0 Å². The van der Waals surface area contributed by atoms with E-state index in [9.17, 15) is 29.4 Å². The Morgan fingerprint density at radius 3 is 2.05 bits per heavy atom. The number of rotatable bonds is 9. The Morgan fingerprint density at radius 2 is 1.65 bits per heavy atom. The minimum atomic E-state index is -1.93. The van der Waals surface area contributed by atoms with Gasteiger partial charge in [-0.25, -0.2) is 0 Å². The standard InChI is InChI=1S/C11H17NO6.2Li/c1-2-5-12-9(14)4-3-7(10(15)16)6-8(13)11(17)18;;/h7H,2-6H2,1H3,(H,12,14)(H,15,16)(H,17,18);;/q;2*+1/p-2. The third-order valence-electron chi connectivity index (χ3n) is 2.28. The van der Waals surface area contributed by atoms with Gasteiger partial charge in [0.2, 0.25) is 5.91 Å². The second kappa shape index (κ2) is 13.3. The number of aliphatic carboxylic acids is 2. The van der Waals surface area contributed by atoms with Gasteiger partial charge in [-0.1, -0.05) is 6.92 Å². The molecular formula is C11H15Li2NO6. The monoisotopic (exact) mass is 271 g/mol. The van der Waals surface area contributed by atoms with Crippen molar-refractivity contribution in [2.75, 3.05) is 6.54 Å². The summed E-state index contributed by atoms with van der Waals surface area (Å²) in [7, 11) is 0. The van der Waals surface area contributed by atoms with Gasteiger partial charge in [0.05, 0.1) is 0 Å². The number of carboxylic acid groups (broad SMARTS) is 2. The zero-order chi connectivity index (χ0) is 14.1. The second-order valence-corrected chi connectivity index (χ2v) is 3.82. The average molecular weight is 271 g/mol. The molecule has 0 aliphatic rings. The van der Waals surface area contributed by atoms with Crippen molar-refractivity contribution in [3.63, 3.8) is 0 Å². The molecule has 0 spiro atoms. The van der Waals surface area contributed by atoms with Gasteiger partial charge < -0.3 is 25.1 Å². The van der Waals surface area contributed by atoms with Crippen LogP contribution in [-0.4, -0.2) is 30.2 Å². The Labute approximate surface area is 141 Å². The molecule has 0 aromatic heterocycles. The summed E-state index contributed by atoms with van der Waals surface area (Å²) in [5.74, 6) is -6.42. The summed E-state index contributed by atoms with van der Waals surface area (Å²) in [6.07, 6.45) is -0.208. The van der Waals surface area contributed by atoms with Gasteiger partial charge in [-0.05, 0) is 12.8 Å². The minimum Gasteiger partial charge on any atom is -0.550 e. The Morgan fingerprint density at radius 1 is 1.10 bits per heavy atom. The maximum absolute atomic E-state index is 11.2. The van der Waals surface area contributed by atoms with E-state index in [1.165, 1.54) is 0 Å². The number of carbonyl (C=O) groups excluding carboxylic acids is 4. The summed E-state index contributed by atoms with van der Waals surface area (Å²) in [5.41, 5.74) is 0. The average Bonchev–Trinajstić information content (AvgIpc) is 2.30. The van der Waals surface area contributed by atoms with Crippen LogP contribution in [0.1, 0.15) is 32.6 Å². The van der Waals surface area contributed by atoms with E-state index in [0.717, 1.165) is 6.42 Å². The molecule has 0 saturated carbocycles. The molecule has 0 aliphatic carbocycles. The molecule has 1 unspecified atom stereocenters. The molecule has 0 aromatic rings. The zero-order valence-electron chi connectivity index (χ0n) is 12.1. The third-order valence-corrected chi connectivity index (χ3v) is 2.28. The van der Waals surface area contributed by atoms with E-state index in [4.69, 9.17) is 0 Å². The molecule has 9 heteroatoms. The van der Waals surface area contributed by atoms with Gasteiger partial charge in [0, 0.05) is 31.3 Å². The van der Waals surface area contributed by atoms with Crippen LogP contribution in [-0.2, 0) is 19.2 Å². The molecular weight excluding hydrogens is 256 g/mol. The fraction of sp³-hybridized carbons (Fsp3) is 0.636. The van der Waals surface area contributed by atoms with Crippen molar-refractivity contribution in [2.45, 2.75) is 32.6 Å². The predicted octanol–water partition coefficient (Wildman–Crippen LogP) is -8.62. The summed E-state index contributed by atoms with van der Waals surface area (Å²) in [6, 6.07) is 0. The molecule has 7 nitrogen and oxygen atoms in total. The molecule has 0 radical (unpaired) electrons. The van der Waals surface area contributed by atoms with E-state index in [1.807, 2.05) is 6.92 Å². The molecule has 20 heavy (non-hydrogen) atoms. The molecule has 0 heterocycles. The smallest absolute Gasteiger partial charge is 0.550 e. The summed E-state index contributed by atoms with van der Waals surface area (Å²) in [4.78, 5) is 42.9. The van der Waals surface area contributed by atoms with Crippen LogP contribution >= 0.6 is 0 Å². The topological polar surface area (TPSA) is 126 Å². The van der Waals surface area contributed by atoms with Gasteiger partial charge in [0.25, 0.3) is 0 Å². The van der Waals surface area contributed by atoms with Crippen LogP contribution in [0.15, 0.2) is 0 Å². The second-order valence-electron chi connectivity index (χ2n) is 3.82. The molecule has 1 N–H and O–H groups in total. The molecule has 0 rings (SSSR count). The molecule has 0 saturated heterocycles. The summed E-state index contributed by atoms with van der Waals surface area (Å²) in [5, 5.41) is 23.4. The van der Waals surface area contributed by atoms with Crippen molar-refractivity contribution in [2.24, 2.45) is 5.92 Å². The fourth-order valence-electron chi connectivity index (χ4n) is 1.27. The molecule has 1 atom stereocenters. The maximum atomic E-state index is 11.2. The van der Waals surface area contributed by atoms with Crippen molar-refractivity contribution < 1.29 is 67.1 Å². The van der Waals surface area contributed by atoms with Crippen LogP contribution in [0.25, 0.3) is 0 Å². The number of ketones is 1. The molecule has 102 valence electrons.